The van der Waals surface area contributed by atoms with Crippen LogP contribution in [0.4, 0.5) is 0 Å². The van der Waals surface area contributed by atoms with E-state index >= 15 is 0 Å². The molecule has 1 fully saturated rings. The maximum Gasteiger partial charge on any atom is 0.233 e. The molecule has 1 aliphatic heterocycles. The highest BCUT2D eigenvalue weighted by Gasteiger charge is 2.25. The van der Waals surface area contributed by atoms with E-state index in [-0.39, 0.29) is 12.0 Å². The lowest BCUT2D eigenvalue weighted by molar-refractivity contribution is -0.130. The molecule has 6 nitrogen and oxygen atoms in total. The number of thioether (sulfide) groups is 1. The Balaban J connectivity index is 1.34. The summed E-state index contributed by atoms with van der Waals surface area (Å²) in [6, 6.07) is 9.91. The Morgan fingerprint density at radius 3 is 3.15 bits per heavy atom. The summed E-state index contributed by atoms with van der Waals surface area (Å²) in [7, 11) is 0. The average Bonchev–Trinajstić information content (AvgIpc) is 3.09. The van der Waals surface area contributed by atoms with Gasteiger partial charge in [-0.05, 0) is 25.8 Å². The molecule has 3 aromatic rings. The third-order valence-electron chi connectivity index (χ3n) is 4.67. The highest BCUT2D eigenvalue weighted by molar-refractivity contribution is 8.00. The van der Waals surface area contributed by atoms with Gasteiger partial charge in [-0.25, -0.2) is 4.98 Å². The van der Waals surface area contributed by atoms with Crippen molar-refractivity contribution in [3.05, 3.63) is 48.5 Å². The predicted octanol–water partition coefficient (Wildman–Crippen LogP) is 3.43. The number of nitrogens with one attached hydrogen (secondary N) is 1. The Kier molecular flexibility index (Phi) is 5.29. The molecule has 1 atom stereocenters. The van der Waals surface area contributed by atoms with E-state index in [2.05, 4.69) is 21.0 Å². The molecule has 2 aromatic heterocycles. The van der Waals surface area contributed by atoms with Crippen LogP contribution in [0.3, 0.4) is 0 Å². The van der Waals surface area contributed by atoms with Gasteiger partial charge < -0.3 is 14.6 Å². The molecular formula is C20H22N4O2S. The fraction of sp³-hybridized carbons (Fsp3) is 0.350. The van der Waals surface area contributed by atoms with Gasteiger partial charge in [-0.2, -0.15) is 4.98 Å². The number of nitrogens with zero attached hydrogens (tertiary/aromatic N) is 3. The van der Waals surface area contributed by atoms with Crippen molar-refractivity contribution < 1.29 is 9.53 Å². The minimum absolute atomic E-state index is 0.0184. The number of aryl methyl sites for hydroxylation is 1. The number of carbonyl (C=O) groups is 1. The van der Waals surface area contributed by atoms with Gasteiger partial charge in [-0.3, -0.25) is 4.79 Å². The Morgan fingerprint density at radius 2 is 2.26 bits per heavy atom. The fourth-order valence-electron chi connectivity index (χ4n) is 3.33. The standard InChI is InChI=1S/C20H22N4O2S/c1-14-21-9-8-19(23-14)26-15-5-4-10-24(12-15)20(25)13-27-18-11-22-17-7-3-2-6-16(17)18/h2-3,6-9,11,15,22H,4-5,10,12-13H2,1H3. The van der Waals surface area contributed by atoms with Crippen molar-refractivity contribution in [3.63, 3.8) is 0 Å². The number of fused-ring (bicyclic) bond motifs is 1. The molecule has 0 radical (unpaired) electrons. The molecule has 0 aliphatic carbocycles. The summed E-state index contributed by atoms with van der Waals surface area (Å²) in [5.74, 6) is 1.85. The molecule has 1 saturated heterocycles. The predicted molar refractivity (Wildman–Crippen MR) is 106 cm³/mol. The van der Waals surface area contributed by atoms with E-state index in [0.717, 1.165) is 35.2 Å². The van der Waals surface area contributed by atoms with Gasteiger partial charge >= 0.3 is 0 Å². The topological polar surface area (TPSA) is 71.1 Å². The largest absolute Gasteiger partial charge is 0.472 e. The van der Waals surface area contributed by atoms with Gasteiger partial charge in [0.1, 0.15) is 11.9 Å². The number of piperidine rings is 1. The molecule has 0 bridgehead atoms. The maximum absolute atomic E-state index is 12.7. The Hall–Kier alpha value is -2.54. The molecule has 27 heavy (non-hydrogen) atoms. The lowest BCUT2D eigenvalue weighted by Gasteiger charge is -2.32. The van der Waals surface area contributed by atoms with Crippen LogP contribution in [0.1, 0.15) is 18.7 Å². The van der Waals surface area contributed by atoms with E-state index < -0.39 is 0 Å². The number of amides is 1. The zero-order valence-electron chi connectivity index (χ0n) is 15.2. The smallest absolute Gasteiger partial charge is 0.233 e. The number of aromatic amines is 1. The summed E-state index contributed by atoms with van der Waals surface area (Å²) in [5.41, 5.74) is 1.10. The quantitative estimate of drug-likeness (QED) is 0.685. The number of hydrogen-bond acceptors (Lipinski definition) is 5. The van der Waals surface area contributed by atoms with Gasteiger partial charge in [0.25, 0.3) is 0 Å². The molecule has 0 saturated carbocycles. The molecule has 1 N–H and O–H groups in total. The lowest BCUT2D eigenvalue weighted by atomic mass is 10.1. The second-order valence-electron chi connectivity index (χ2n) is 6.65. The van der Waals surface area contributed by atoms with E-state index in [0.29, 0.717) is 24.0 Å². The van der Waals surface area contributed by atoms with Gasteiger partial charge in [0.05, 0.1) is 12.3 Å². The van der Waals surface area contributed by atoms with Crippen molar-refractivity contribution in [3.8, 4) is 5.88 Å². The van der Waals surface area contributed by atoms with Crippen LogP contribution in [-0.4, -0.2) is 50.7 Å². The Bertz CT molecular complexity index is 942. The van der Waals surface area contributed by atoms with E-state index in [9.17, 15) is 4.79 Å². The van der Waals surface area contributed by atoms with Crippen LogP contribution in [0.25, 0.3) is 10.9 Å². The number of carbonyl (C=O) groups excluding carboxylic acids is 1. The van der Waals surface area contributed by atoms with Crippen LogP contribution in [0.2, 0.25) is 0 Å². The molecule has 140 valence electrons. The summed E-state index contributed by atoms with van der Waals surface area (Å²) in [5, 5.41) is 1.16. The third kappa shape index (κ3) is 4.24. The van der Waals surface area contributed by atoms with E-state index in [1.165, 1.54) is 0 Å². The first kappa shape index (κ1) is 17.9. The number of benzene rings is 1. The summed E-state index contributed by atoms with van der Waals surface area (Å²) < 4.78 is 5.97. The number of ether oxygens (including phenoxy) is 1. The van der Waals surface area contributed by atoms with Gasteiger partial charge in [-0.1, -0.05) is 18.2 Å². The molecule has 1 aromatic carbocycles. The maximum atomic E-state index is 12.7. The first-order valence-electron chi connectivity index (χ1n) is 9.12. The van der Waals surface area contributed by atoms with E-state index in [4.69, 9.17) is 4.74 Å². The minimum Gasteiger partial charge on any atom is -0.472 e. The van der Waals surface area contributed by atoms with Crippen LogP contribution in [0.5, 0.6) is 5.88 Å². The third-order valence-corrected chi connectivity index (χ3v) is 5.71. The van der Waals surface area contributed by atoms with Crippen molar-refractivity contribution in [2.24, 2.45) is 0 Å². The zero-order valence-corrected chi connectivity index (χ0v) is 16.0. The van der Waals surface area contributed by atoms with Crippen LogP contribution >= 0.6 is 11.8 Å². The normalized spacial score (nSPS) is 17.2. The number of H-pyrrole nitrogens is 1. The number of hydrogen-bond donors (Lipinski definition) is 1. The minimum atomic E-state index is -0.0184. The second-order valence-corrected chi connectivity index (χ2v) is 7.67. The Morgan fingerprint density at radius 1 is 1.37 bits per heavy atom. The molecule has 4 rings (SSSR count). The van der Waals surface area contributed by atoms with E-state index in [1.54, 1.807) is 24.0 Å². The van der Waals surface area contributed by atoms with Gasteiger partial charge in [0.15, 0.2) is 0 Å². The van der Waals surface area contributed by atoms with Gasteiger partial charge in [0.2, 0.25) is 11.8 Å². The zero-order chi connectivity index (χ0) is 18.6. The highest BCUT2D eigenvalue weighted by atomic mass is 32.2. The van der Waals surface area contributed by atoms with Crippen molar-refractivity contribution in [1.82, 2.24) is 19.9 Å². The monoisotopic (exact) mass is 382 g/mol. The number of likely N-dealkylation sites (tertiary alicyclic amines) is 1. The van der Waals surface area contributed by atoms with Crippen LogP contribution in [-0.2, 0) is 4.79 Å². The molecular weight excluding hydrogens is 360 g/mol. The van der Waals surface area contributed by atoms with Crippen LogP contribution < -0.4 is 4.74 Å². The van der Waals surface area contributed by atoms with Crippen molar-refractivity contribution in [2.75, 3.05) is 18.8 Å². The van der Waals surface area contributed by atoms with Crippen LogP contribution in [0, 0.1) is 6.92 Å². The average molecular weight is 382 g/mol. The summed E-state index contributed by atoms with van der Waals surface area (Å²) in [6.07, 6.45) is 5.53. The van der Waals surface area contributed by atoms with Gasteiger partial charge in [0, 0.05) is 40.8 Å². The molecule has 0 spiro atoms. The molecule has 3 heterocycles. The van der Waals surface area contributed by atoms with Crippen LogP contribution in [0.15, 0.2) is 47.6 Å². The molecule has 1 unspecified atom stereocenters. The van der Waals surface area contributed by atoms with E-state index in [1.807, 2.05) is 36.2 Å². The van der Waals surface area contributed by atoms with Crippen molar-refractivity contribution in [2.45, 2.75) is 30.8 Å². The first-order chi connectivity index (χ1) is 13.2. The lowest BCUT2D eigenvalue weighted by Crippen LogP contribution is -2.45. The first-order valence-corrected chi connectivity index (χ1v) is 10.1. The molecule has 1 aliphatic rings. The second kappa shape index (κ2) is 8.00. The molecule has 7 heteroatoms. The summed E-state index contributed by atoms with van der Waals surface area (Å²) in [6.45, 7) is 3.23. The summed E-state index contributed by atoms with van der Waals surface area (Å²) >= 11 is 1.58. The Labute approximate surface area is 162 Å². The number of rotatable bonds is 5. The number of aromatic nitrogens is 3. The fourth-order valence-corrected chi connectivity index (χ4v) is 4.26. The highest BCUT2D eigenvalue weighted by Crippen LogP contribution is 2.28. The van der Waals surface area contributed by atoms with Gasteiger partial charge in [-0.15, -0.1) is 11.8 Å². The summed E-state index contributed by atoms with van der Waals surface area (Å²) in [4.78, 5) is 27.3. The molecule has 1 amide bonds. The number of para-hydroxylation sites is 1. The van der Waals surface area contributed by atoms with Crippen molar-refractivity contribution in [1.29, 1.82) is 0 Å². The van der Waals surface area contributed by atoms with Crippen molar-refractivity contribution >= 4 is 28.6 Å². The SMILES string of the molecule is Cc1nccc(OC2CCCN(C(=O)CSc3c[nH]c4ccccc34)C2)n1.